The van der Waals surface area contributed by atoms with Crippen LogP contribution in [0.2, 0.25) is 0 Å². The largest absolute Gasteiger partial charge is 0.354 e. The van der Waals surface area contributed by atoms with Crippen LogP contribution in [0.3, 0.4) is 0 Å². The molecule has 0 fully saturated rings. The zero-order valence-electron chi connectivity index (χ0n) is 15.2. The van der Waals surface area contributed by atoms with E-state index in [0.717, 1.165) is 17.5 Å². The highest BCUT2D eigenvalue weighted by Gasteiger charge is 2.25. The first-order chi connectivity index (χ1) is 12.5. The Morgan fingerprint density at radius 2 is 1.69 bits per heavy atom. The van der Waals surface area contributed by atoms with Gasteiger partial charge in [-0.15, -0.1) is 0 Å². The minimum atomic E-state index is -0.609. The average Bonchev–Trinajstić information content (AvgIpc) is 2.65. The Bertz CT molecular complexity index is 717. The first-order valence-electron chi connectivity index (χ1n) is 8.86. The van der Waals surface area contributed by atoms with E-state index in [1.165, 1.54) is 12.1 Å². The van der Waals surface area contributed by atoms with Crippen LogP contribution in [0.25, 0.3) is 0 Å². The molecule has 2 aromatic rings. The average molecular weight is 356 g/mol. The maximum atomic E-state index is 13.2. The fourth-order valence-corrected chi connectivity index (χ4v) is 2.64. The molecule has 5 heteroatoms. The van der Waals surface area contributed by atoms with Crippen molar-refractivity contribution in [2.45, 2.75) is 39.3 Å². The summed E-state index contributed by atoms with van der Waals surface area (Å²) in [6, 6.07) is 14.8. The quantitative estimate of drug-likeness (QED) is 0.789. The van der Waals surface area contributed by atoms with Crippen molar-refractivity contribution in [2.24, 2.45) is 0 Å². The molecule has 26 heavy (non-hydrogen) atoms. The second kappa shape index (κ2) is 9.70. The van der Waals surface area contributed by atoms with Gasteiger partial charge in [-0.3, -0.25) is 9.59 Å². The summed E-state index contributed by atoms with van der Waals surface area (Å²) in [5, 5.41) is 2.83. The molecule has 0 bridgehead atoms. The molecule has 0 radical (unpaired) electrons. The van der Waals surface area contributed by atoms with Crippen molar-refractivity contribution in [3.63, 3.8) is 0 Å². The molecule has 0 saturated carbocycles. The predicted octanol–water partition coefficient (Wildman–Crippen LogP) is 3.31. The molecule has 138 valence electrons. The van der Waals surface area contributed by atoms with Crippen molar-refractivity contribution in [3.8, 4) is 0 Å². The summed E-state index contributed by atoms with van der Waals surface area (Å²) in [5.74, 6) is -0.653. The van der Waals surface area contributed by atoms with Gasteiger partial charge in [-0.05, 0) is 36.6 Å². The number of hydrogen-bond donors (Lipinski definition) is 1. The lowest BCUT2D eigenvalue weighted by atomic mass is 10.1. The number of rotatable bonds is 8. The molecule has 4 nitrogen and oxygen atoms in total. The SMILES string of the molecule is CCCNC(=O)C(C)N(Cc1ccc(F)cc1)C(=O)Cc1ccccc1. The van der Waals surface area contributed by atoms with Gasteiger partial charge in [0, 0.05) is 13.1 Å². The molecule has 2 amide bonds. The van der Waals surface area contributed by atoms with Crippen LogP contribution < -0.4 is 5.32 Å². The van der Waals surface area contributed by atoms with E-state index in [1.807, 2.05) is 37.3 Å². The van der Waals surface area contributed by atoms with E-state index in [0.29, 0.717) is 6.54 Å². The van der Waals surface area contributed by atoms with Crippen LogP contribution in [0.4, 0.5) is 4.39 Å². The molecule has 0 heterocycles. The Labute approximate surface area is 154 Å². The second-order valence-corrected chi connectivity index (χ2v) is 6.28. The van der Waals surface area contributed by atoms with Crippen molar-refractivity contribution in [1.82, 2.24) is 10.2 Å². The maximum Gasteiger partial charge on any atom is 0.242 e. The van der Waals surface area contributed by atoms with Crippen LogP contribution >= 0.6 is 0 Å². The molecular formula is C21H25FN2O2. The van der Waals surface area contributed by atoms with Gasteiger partial charge in [-0.25, -0.2) is 4.39 Å². The Balaban J connectivity index is 2.17. The number of amides is 2. The molecule has 0 saturated heterocycles. The maximum absolute atomic E-state index is 13.2. The van der Waals surface area contributed by atoms with Gasteiger partial charge in [-0.1, -0.05) is 49.4 Å². The molecule has 0 aromatic heterocycles. The van der Waals surface area contributed by atoms with Gasteiger partial charge in [0.25, 0.3) is 0 Å². The monoisotopic (exact) mass is 356 g/mol. The van der Waals surface area contributed by atoms with Crippen LogP contribution in [0.15, 0.2) is 54.6 Å². The molecule has 0 aliphatic carbocycles. The van der Waals surface area contributed by atoms with E-state index < -0.39 is 6.04 Å². The number of nitrogens with zero attached hydrogens (tertiary/aromatic N) is 1. The highest BCUT2D eigenvalue weighted by molar-refractivity contribution is 5.88. The van der Waals surface area contributed by atoms with Gasteiger partial charge >= 0.3 is 0 Å². The highest BCUT2D eigenvalue weighted by Crippen LogP contribution is 2.13. The fourth-order valence-electron chi connectivity index (χ4n) is 2.64. The molecule has 1 unspecified atom stereocenters. The van der Waals surface area contributed by atoms with Gasteiger partial charge in [0.05, 0.1) is 6.42 Å². The van der Waals surface area contributed by atoms with Gasteiger partial charge in [0.1, 0.15) is 11.9 Å². The molecule has 2 aromatic carbocycles. The van der Waals surface area contributed by atoms with Crippen LogP contribution in [0, 0.1) is 5.82 Å². The Morgan fingerprint density at radius 3 is 2.31 bits per heavy atom. The number of hydrogen-bond acceptors (Lipinski definition) is 2. The minimum Gasteiger partial charge on any atom is -0.354 e. The summed E-state index contributed by atoms with van der Waals surface area (Å²) in [7, 11) is 0. The lowest BCUT2D eigenvalue weighted by Crippen LogP contribution is -2.48. The van der Waals surface area contributed by atoms with E-state index in [2.05, 4.69) is 5.32 Å². The second-order valence-electron chi connectivity index (χ2n) is 6.28. The summed E-state index contributed by atoms with van der Waals surface area (Å²) in [6.07, 6.45) is 1.04. The molecular weight excluding hydrogens is 331 g/mol. The summed E-state index contributed by atoms with van der Waals surface area (Å²) in [6.45, 7) is 4.52. The Hall–Kier alpha value is -2.69. The van der Waals surface area contributed by atoms with Crippen LogP contribution in [-0.4, -0.2) is 29.3 Å². The predicted molar refractivity (Wildman–Crippen MR) is 99.9 cm³/mol. The molecule has 1 N–H and O–H groups in total. The molecule has 0 aliphatic rings. The van der Waals surface area contributed by atoms with E-state index in [1.54, 1.807) is 24.0 Å². The van der Waals surface area contributed by atoms with Crippen molar-refractivity contribution < 1.29 is 14.0 Å². The van der Waals surface area contributed by atoms with Crippen LogP contribution in [0.1, 0.15) is 31.4 Å². The lowest BCUT2D eigenvalue weighted by molar-refractivity contribution is -0.140. The lowest BCUT2D eigenvalue weighted by Gasteiger charge is -2.29. The molecule has 0 spiro atoms. The number of carbonyl (C=O) groups is 2. The fraction of sp³-hybridized carbons (Fsp3) is 0.333. The number of carbonyl (C=O) groups excluding carboxylic acids is 2. The Morgan fingerprint density at radius 1 is 1.04 bits per heavy atom. The highest BCUT2D eigenvalue weighted by atomic mass is 19.1. The van der Waals surface area contributed by atoms with E-state index in [9.17, 15) is 14.0 Å². The zero-order chi connectivity index (χ0) is 18.9. The van der Waals surface area contributed by atoms with Crippen molar-refractivity contribution in [1.29, 1.82) is 0 Å². The summed E-state index contributed by atoms with van der Waals surface area (Å²) < 4.78 is 13.2. The number of halogens is 1. The third kappa shape index (κ3) is 5.69. The topological polar surface area (TPSA) is 49.4 Å². The van der Waals surface area contributed by atoms with E-state index in [-0.39, 0.29) is 30.6 Å². The van der Waals surface area contributed by atoms with Crippen LogP contribution in [-0.2, 0) is 22.6 Å². The third-order valence-electron chi connectivity index (χ3n) is 4.18. The number of benzene rings is 2. The molecule has 0 aliphatic heterocycles. The smallest absolute Gasteiger partial charge is 0.242 e. The summed E-state index contributed by atoms with van der Waals surface area (Å²) >= 11 is 0. The van der Waals surface area contributed by atoms with Gasteiger partial charge in [-0.2, -0.15) is 0 Å². The standard InChI is InChI=1S/C21H25FN2O2/c1-3-13-23-21(26)16(2)24(15-18-9-11-19(22)12-10-18)20(25)14-17-7-5-4-6-8-17/h4-12,16H,3,13-15H2,1-2H3,(H,23,26). The van der Waals surface area contributed by atoms with E-state index in [4.69, 9.17) is 0 Å². The summed E-state index contributed by atoms with van der Waals surface area (Å²) in [4.78, 5) is 26.8. The van der Waals surface area contributed by atoms with E-state index >= 15 is 0 Å². The minimum absolute atomic E-state index is 0.139. The van der Waals surface area contributed by atoms with Crippen molar-refractivity contribution in [3.05, 3.63) is 71.5 Å². The molecule has 2 rings (SSSR count). The van der Waals surface area contributed by atoms with Gasteiger partial charge < -0.3 is 10.2 Å². The van der Waals surface area contributed by atoms with Crippen LogP contribution in [0.5, 0.6) is 0 Å². The zero-order valence-corrected chi connectivity index (χ0v) is 15.2. The Kier molecular flexibility index (Phi) is 7.33. The van der Waals surface area contributed by atoms with Gasteiger partial charge in [0.15, 0.2) is 0 Å². The molecule has 1 atom stereocenters. The first-order valence-corrected chi connectivity index (χ1v) is 8.86. The third-order valence-corrected chi connectivity index (χ3v) is 4.18. The normalized spacial score (nSPS) is 11.7. The first kappa shape index (κ1) is 19.6. The van der Waals surface area contributed by atoms with Crippen molar-refractivity contribution in [2.75, 3.05) is 6.54 Å². The van der Waals surface area contributed by atoms with Crippen molar-refractivity contribution >= 4 is 11.8 Å². The number of nitrogens with one attached hydrogen (secondary N) is 1. The summed E-state index contributed by atoms with van der Waals surface area (Å²) in [5.41, 5.74) is 1.67. The van der Waals surface area contributed by atoms with Gasteiger partial charge in [0.2, 0.25) is 11.8 Å².